The molecule has 0 amide bonds. The first kappa shape index (κ1) is 10.9. The lowest BCUT2D eigenvalue weighted by atomic mass is 9.97. The van der Waals surface area contributed by atoms with Crippen LogP contribution < -0.4 is 4.68 Å². The first-order chi connectivity index (χ1) is 7.56. The van der Waals surface area contributed by atoms with Gasteiger partial charge in [0.1, 0.15) is 12.2 Å². The van der Waals surface area contributed by atoms with Crippen molar-refractivity contribution in [1.29, 1.82) is 0 Å². The third-order valence-corrected chi connectivity index (χ3v) is 2.28. The molecule has 2 rings (SSSR count). The Labute approximate surface area is 96.3 Å². The molecule has 0 radical (unpaired) electrons. The molecule has 1 aromatic carbocycles. The number of hydrogen-bond donors (Lipinski definition) is 0. The zero-order valence-corrected chi connectivity index (χ0v) is 10.1. The summed E-state index contributed by atoms with van der Waals surface area (Å²) in [5, 5.41) is 4.35. The molecule has 3 heteroatoms. The van der Waals surface area contributed by atoms with Gasteiger partial charge in [-0.3, -0.25) is 0 Å². The molecule has 0 N–H and O–H groups in total. The molecule has 0 spiro atoms. The number of aromatic nitrogens is 3. The van der Waals surface area contributed by atoms with Crippen LogP contribution in [0.4, 0.5) is 0 Å². The van der Waals surface area contributed by atoms with Crippen LogP contribution in [0, 0.1) is 5.41 Å². The molecular formula is C13H18N3+. The Kier molecular flexibility index (Phi) is 2.77. The van der Waals surface area contributed by atoms with Crippen molar-refractivity contribution in [2.75, 3.05) is 0 Å². The van der Waals surface area contributed by atoms with Crippen LogP contribution in [0.2, 0.25) is 0 Å². The quantitative estimate of drug-likeness (QED) is 0.705. The third-order valence-electron chi connectivity index (χ3n) is 2.28. The number of para-hydroxylation sites is 1. The molecule has 0 saturated carbocycles. The minimum absolute atomic E-state index is 0.247. The van der Waals surface area contributed by atoms with Gasteiger partial charge < -0.3 is 0 Å². The Morgan fingerprint density at radius 1 is 1.19 bits per heavy atom. The maximum Gasteiger partial charge on any atom is 0.206 e. The number of nitrogens with zero attached hydrogens (tertiary/aromatic N) is 3. The van der Waals surface area contributed by atoms with Gasteiger partial charge in [0.15, 0.2) is 6.20 Å². The monoisotopic (exact) mass is 216 g/mol. The molecule has 0 fully saturated rings. The van der Waals surface area contributed by atoms with Crippen molar-refractivity contribution in [2.24, 2.45) is 5.41 Å². The Bertz CT molecular complexity index is 452. The lowest BCUT2D eigenvalue weighted by molar-refractivity contribution is -0.780. The van der Waals surface area contributed by atoms with Crippen molar-refractivity contribution in [2.45, 2.75) is 27.3 Å². The van der Waals surface area contributed by atoms with Crippen LogP contribution in [0.1, 0.15) is 20.8 Å². The Morgan fingerprint density at radius 3 is 2.50 bits per heavy atom. The van der Waals surface area contributed by atoms with E-state index in [0.29, 0.717) is 0 Å². The summed E-state index contributed by atoms with van der Waals surface area (Å²) < 4.78 is 2.13. The Balaban J connectivity index is 2.33. The highest BCUT2D eigenvalue weighted by atomic mass is 15.5. The summed E-state index contributed by atoms with van der Waals surface area (Å²) in [6, 6.07) is 10.2. The Morgan fingerprint density at radius 2 is 1.88 bits per heavy atom. The highest BCUT2D eigenvalue weighted by Gasteiger charge is 2.19. The molecule has 0 unspecified atom stereocenters. The minimum atomic E-state index is 0.247. The standard InChI is InChI=1S/C13H18N3/c1-13(2,3)11-15-10-9-14-16(15)12-7-5-4-6-8-12/h4-10H,11H2,1-3H3/q+1. The largest absolute Gasteiger partial charge is 0.206 e. The van der Waals surface area contributed by atoms with Crippen LogP contribution >= 0.6 is 0 Å². The van der Waals surface area contributed by atoms with Crippen molar-refractivity contribution < 1.29 is 4.68 Å². The molecule has 1 aromatic heterocycles. The van der Waals surface area contributed by atoms with Crippen molar-refractivity contribution in [3.8, 4) is 5.69 Å². The van der Waals surface area contributed by atoms with Crippen LogP contribution in [0.25, 0.3) is 5.69 Å². The second-order valence-electron chi connectivity index (χ2n) is 5.20. The van der Waals surface area contributed by atoms with Gasteiger partial charge >= 0.3 is 0 Å². The van der Waals surface area contributed by atoms with Crippen molar-refractivity contribution in [3.63, 3.8) is 0 Å². The van der Waals surface area contributed by atoms with Crippen molar-refractivity contribution in [3.05, 3.63) is 42.7 Å². The van der Waals surface area contributed by atoms with Gasteiger partial charge in [0.2, 0.25) is 6.20 Å². The fraction of sp³-hybridized carbons (Fsp3) is 0.385. The number of rotatable bonds is 2. The molecule has 0 saturated heterocycles. The average molecular weight is 216 g/mol. The van der Waals surface area contributed by atoms with E-state index in [4.69, 9.17) is 0 Å². The normalized spacial score (nSPS) is 11.7. The summed E-state index contributed by atoms with van der Waals surface area (Å²) in [4.78, 5) is 1.94. The van der Waals surface area contributed by atoms with Crippen LogP contribution in [0.3, 0.4) is 0 Å². The highest BCUT2D eigenvalue weighted by Crippen LogP contribution is 2.12. The van der Waals surface area contributed by atoms with E-state index in [1.807, 2.05) is 35.4 Å². The second kappa shape index (κ2) is 4.08. The molecule has 0 aliphatic rings. The molecule has 16 heavy (non-hydrogen) atoms. The van der Waals surface area contributed by atoms with Gasteiger partial charge in [0.25, 0.3) is 0 Å². The molecular weight excluding hydrogens is 198 g/mol. The van der Waals surface area contributed by atoms with E-state index in [1.165, 1.54) is 0 Å². The van der Waals surface area contributed by atoms with Crippen molar-refractivity contribution in [1.82, 2.24) is 9.90 Å². The lowest BCUT2D eigenvalue weighted by Gasteiger charge is -2.15. The van der Waals surface area contributed by atoms with Crippen LogP contribution in [-0.4, -0.2) is 9.90 Å². The first-order valence-electron chi connectivity index (χ1n) is 5.55. The number of hydrogen-bond acceptors (Lipinski definition) is 1. The van der Waals surface area contributed by atoms with Gasteiger partial charge in [0.05, 0.1) is 0 Å². The molecule has 0 aliphatic heterocycles. The van der Waals surface area contributed by atoms with Gasteiger partial charge in [-0.05, 0) is 16.9 Å². The molecule has 84 valence electrons. The van der Waals surface area contributed by atoms with E-state index in [1.54, 1.807) is 0 Å². The summed E-state index contributed by atoms with van der Waals surface area (Å²) in [6.45, 7) is 7.62. The summed E-state index contributed by atoms with van der Waals surface area (Å²) in [5.74, 6) is 0. The zero-order valence-electron chi connectivity index (χ0n) is 10.1. The molecule has 1 heterocycles. The van der Waals surface area contributed by atoms with E-state index < -0.39 is 0 Å². The first-order valence-corrected chi connectivity index (χ1v) is 5.55. The fourth-order valence-electron chi connectivity index (χ4n) is 1.68. The van der Waals surface area contributed by atoms with Gasteiger partial charge in [0, 0.05) is 10.5 Å². The third kappa shape index (κ3) is 2.48. The van der Waals surface area contributed by atoms with Gasteiger partial charge in [-0.1, -0.05) is 39.0 Å². The minimum Gasteiger partial charge on any atom is -0.155 e. The Hall–Kier alpha value is -1.64. The molecule has 3 nitrogen and oxygen atoms in total. The smallest absolute Gasteiger partial charge is 0.155 e. The summed E-state index contributed by atoms with van der Waals surface area (Å²) in [6.07, 6.45) is 3.84. The van der Waals surface area contributed by atoms with Crippen LogP contribution in [-0.2, 0) is 6.54 Å². The SMILES string of the molecule is CC(C)(C)C[n+]1ccnn1-c1ccccc1. The summed E-state index contributed by atoms with van der Waals surface area (Å²) >= 11 is 0. The summed E-state index contributed by atoms with van der Waals surface area (Å²) in [5.41, 5.74) is 1.34. The molecule has 0 atom stereocenters. The van der Waals surface area contributed by atoms with Crippen molar-refractivity contribution >= 4 is 0 Å². The predicted octanol–water partition coefficient (Wildman–Crippen LogP) is 2.21. The maximum absolute atomic E-state index is 4.35. The molecule has 2 aromatic rings. The van der Waals surface area contributed by atoms with Gasteiger partial charge in [-0.2, -0.15) is 4.68 Å². The zero-order chi connectivity index (χ0) is 11.6. The topological polar surface area (TPSA) is 21.7 Å². The highest BCUT2D eigenvalue weighted by molar-refractivity contribution is 5.27. The average Bonchev–Trinajstić information content (AvgIpc) is 2.64. The molecule has 0 bridgehead atoms. The fourth-order valence-corrected chi connectivity index (χ4v) is 1.68. The molecule has 0 aliphatic carbocycles. The summed E-state index contributed by atoms with van der Waals surface area (Å²) in [7, 11) is 0. The lowest BCUT2D eigenvalue weighted by Crippen LogP contribution is -2.47. The van der Waals surface area contributed by atoms with E-state index in [-0.39, 0.29) is 5.41 Å². The maximum atomic E-state index is 4.35. The predicted molar refractivity (Wildman–Crippen MR) is 63.2 cm³/mol. The van der Waals surface area contributed by atoms with Crippen LogP contribution in [0.15, 0.2) is 42.7 Å². The van der Waals surface area contributed by atoms with Gasteiger partial charge in [-0.15, -0.1) is 0 Å². The van der Waals surface area contributed by atoms with E-state index >= 15 is 0 Å². The number of benzene rings is 1. The van der Waals surface area contributed by atoms with Gasteiger partial charge in [-0.25, -0.2) is 0 Å². The van der Waals surface area contributed by atoms with E-state index in [2.05, 4.69) is 42.7 Å². The van der Waals surface area contributed by atoms with E-state index in [9.17, 15) is 0 Å². The van der Waals surface area contributed by atoms with Crippen LogP contribution in [0.5, 0.6) is 0 Å². The van der Waals surface area contributed by atoms with E-state index in [0.717, 1.165) is 12.2 Å². The second-order valence-corrected chi connectivity index (χ2v) is 5.20.